The van der Waals surface area contributed by atoms with E-state index in [1.54, 1.807) is 0 Å². The van der Waals surface area contributed by atoms with Gasteiger partial charge < -0.3 is 9.47 Å². The Bertz CT molecular complexity index is 240. The number of alkyl halides is 2. The van der Waals surface area contributed by atoms with Gasteiger partial charge in [-0.2, -0.15) is 8.78 Å². The smallest absolute Gasteiger partial charge is 0.388 e. The maximum absolute atomic E-state index is 11.6. The fraction of sp³-hybridized carbons (Fsp3) is 0.333. The fourth-order valence-corrected chi connectivity index (χ4v) is 0.562. The lowest BCUT2D eigenvalue weighted by Crippen LogP contribution is -2.03. The maximum atomic E-state index is 11.6. The second kappa shape index (κ2) is 3.80. The topological polar surface area (TPSA) is 44.2 Å². The number of nitrogens with zero attached hydrogens (tertiary/aromatic N) is 2. The van der Waals surface area contributed by atoms with Gasteiger partial charge in [-0.1, -0.05) is 0 Å². The highest BCUT2D eigenvalue weighted by Crippen LogP contribution is 2.10. The number of halogens is 2. The van der Waals surface area contributed by atoms with E-state index in [-0.39, 0.29) is 11.8 Å². The van der Waals surface area contributed by atoms with Crippen molar-refractivity contribution in [3.05, 3.63) is 12.4 Å². The Morgan fingerprint density at radius 3 is 2.25 bits per heavy atom. The van der Waals surface area contributed by atoms with Crippen molar-refractivity contribution in [2.75, 3.05) is 7.11 Å². The summed E-state index contributed by atoms with van der Waals surface area (Å²) in [6, 6.07) is 0. The van der Waals surface area contributed by atoms with Crippen LogP contribution in [0.5, 0.6) is 11.8 Å². The van der Waals surface area contributed by atoms with Gasteiger partial charge in [-0.15, -0.1) is 0 Å². The summed E-state index contributed by atoms with van der Waals surface area (Å²) in [5.74, 6) is 0.0161. The molecule has 0 aliphatic heterocycles. The molecule has 0 radical (unpaired) electrons. The summed E-state index contributed by atoms with van der Waals surface area (Å²) in [5.41, 5.74) is 0. The van der Waals surface area contributed by atoms with Crippen LogP contribution < -0.4 is 9.47 Å². The van der Waals surface area contributed by atoms with Crippen LogP contribution in [-0.4, -0.2) is 23.7 Å². The summed E-state index contributed by atoms with van der Waals surface area (Å²) >= 11 is 0. The molecule has 0 fully saturated rings. The summed E-state index contributed by atoms with van der Waals surface area (Å²) in [5, 5.41) is 0. The van der Waals surface area contributed by atoms with E-state index in [1.165, 1.54) is 13.3 Å². The molecule has 0 saturated carbocycles. The molecule has 0 bridgehead atoms. The van der Waals surface area contributed by atoms with Crippen LogP contribution in [0.1, 0.15) is 0 Å². The zero-order valence-electron chi connectivity index (χ0n) is 6.20. The van der Waals surface area contributed by atoms with Gasteiger partial charge in [0.1, 0.15) is 0 Å². The van der Waals surface area contributed by atoms with Crippen LogP contribution in [0.2, 0.25) is 0 Å². The van der Waals surface area contributed by atoms with Gasteiger partial charge in [-0.05, 0) is 0 Å². The summed E-state index contributed by atoms with van der Waals surface area (Å²) in [4.78, 5) is 7.11. The monoisotopic (exact) mass is 176 g/mol. The summed E-state index contributed by atoms with van der Waals surface area (Å²) < 4.78 is 31.8. The molecule has 0 N–H and O–H groups in total. The Hall–Kier alpha value is -1.46. The van der Waals surface area contributed by atoms with Crippen molar-refractivity contribution in [1.82, 2.24) is 9.97 Å². The molecule has 1 rings (SSSR count). The molecule has 0 unspecified atom stereocenters. The molecular formula is C6H6F2N2O2. The van der Waals surface area contributed by atoms with Crippen molar-refractivity contribution < 1.29 is 18.3 Å². The Morgan fingerprint density at radius 2 is 1.83 bits per heavy atom. The molecule has 6 heteroatoms. The molecule has 0 aromatic carbocycles. The van der Waals surface area contributed by atoms with E-state index in [9.17, 15) is 8.78 Å². The molecule has 4 nitrogen and oxygen atoms in total. The molecule has 1 heterocycles. The second-order valence-electron chi connectivity index (χ2n) is 1.78. The Morgan fingerprint density at radius 1 is 1.25 bits per heavy atom. The first-order chi connectivity index (χ1) is 5.72. The Labute approximate surface area is 67.2 Å². The van der Waals surface area contributed by atoms with Gasteiger partial charge in [0.15, 0.2) is 0 Å². The molecule has 12 heavy (non-hydrogen) atoms. The van der Waals surface area contributed by atoms with Gasteiger partial charge in [0.05, 0.1) is 19.5 Å². The molecule has 0 spiro atoms. The molecule has 0 amide bonds. The molecular weight excluding hydrogens is 170 g/mol. The minimum absolute atomic E-state index is 0.231. The number of aromatic nitrogens is 2. The number of rotatable bonds is 3. The zero-order chi connectivity index (χ0) is 8.97. The van der Waals surface area contributed by atoms with Crippen LogP contribution in [0.3, 0.4) is 0 Å². The van der Waals surface area contributed by atoms with Crippen molar-refractivity contribution >= 4 is 0 Å². The van der Waals surface area contributed by atoms with Crippen molar-refractivity contribution in [2.24, 2.45) is 0 Å². The first-order valence-corrected chi connectivity index (χ1v) is 3.03. The van der Waals surface area contributed by atoms with Crippen molar-refractivity contribution in [2.45, 2.75) is 6.61 Å². The van der Waals surface area contributed by atoms with E-state index < -0.39 is 6.61 Å². The normalized spacial score (nSPS) is 10.0. The molecule has 66 valence electrons. The van der Waals surface area contributed by atoms with E-state index in [0.29, 0.717) is 0 Å². The number of hydrogen-bond acceptors (Lipinski definition) is 4. The minimum Gasteiger partial charge on any atom is -0.480 e. The van der Waals surface area contributed by atoms with Gasteiger partial charge in [-0.3, -0.25) is 0 Å². The zero-order valence-corrected chi connectivity index (χ0v) is 6.20. The lowest BCUT2D eigenvalue weighted by atomic mass is 10.7. The molecule has 1 aromatic heterocycles. The fourth-order valence-electron chi connectivity index (χ4n) is 0.562. The highest BCUT2D eigenvalue weighted by Gasteiger charge is 2.05. The van der Waals surface area contributed by atoms with Crippen LogP contribution in [0.25, 0.3) is 0 Å². The van der Waals surface area contributed by atoms with Crippen LogP contribution in [0, 0.1) is 0 Å². The van der Waals surface area contributed by atoms with Crippen LogP contribution >= 0.6 is 0 Å². The SMILES string of the molecule is COc1cnc(OC(F)F)cn1. The lowest BCUT2D eigenvalue weighted by molar-refractivity contribution is -0.0531. The van der Waals surface area contributed by atoms with E-state index in [4.69, 9.17) is 0 Å². The third kappa shape index (κ3) is 2.30. The van der Waals surface area contributed by atoms with Crippen molar-refractivity contribution in [1.29, 1.82) is 0 Å². The van der Waals surface area contributed by atoms with E-state index >= 15 is 0 Å². The molecule has 0 atom stereocenters. The van der Waals surface area contributed by atoms with E-state index in [2.05, 4.69) is 19.4 Å². The average molecular weight is 176 g/mol. The van der Waals surface area contributed by atoms with Gasteiger partial charge in [-0.25, -0.2) is 9.97 Å². The van der Waals surface area contributed by atoms with Gasteiger partial charge in [0, 0.05) is 0 Å². The van der Waals surface area contributed by atoms with E-state index in [0.717, 1.165) is 6.20 Å². The molecule has 1 aromatic rings. The highest BCUT2D eigenvalue weighted by atomic mass is 19.3. The third-order valence-corrected chi connectivity index (χ3v) is 1.02. The predicted octanol–water partition coefficient (Wildman–Crippen LogP) is 1.09. The summed E-state index contributed by atoms with van der Waals surface area (Å²) in [6.07, 6.45) is 2.25. The van der Waals surface area contributed by atoms with Crippen LogP contribution in [0.4, 0.5) is 8.78 Å². The standard InChI is InChI=1S/C6H6F2N2O2/c1-11-4-2-10-5(3-9-4)12-6(7)8/h2-3,6H,1H3. The van der Waals surface area contributed by atoms with Crippen molar-refractivity contribution in [3.8, 4) is 11.8 Å². The van der Waals surface area contributed by atoms with E-state index in [1.807, 2.05) is 0 Å². The van der Waals surface area contributed by atoms with Crippen LogP contribution in [0.15, 0.2) is 12.4 Å². The largest absolute Gasteiger partial charge is 0.480 e. The summed E-state index contributed by atoms with van der Waals surface area (Å²) in [7, 11) is 1.40. The second-order valence-corrected chi connectivity index (χ2v) is 1.78. The predicted molar refractivity (Wildman–Crippen MR) is 35.2 cm³/mol. The Balaban J connectivity index is 2.65. The third-order valence-electron chi connectivity index (χ3n) is 1.02. The first kappa shape index (κ1) is 8.63. The van der Waals surface area contributed by atoms with Crippen LogP contribution in [-0.2, 0) is 0 Å². The molecule has 0 saturated heterocycles. The maximum Gasteiger partial charge on any atom is 0.388 e. The quantitative estimate of drug-likeness (QED) is 0.691. The molecule has 0 aliphatic carbocycles. The van der Waals surface area contributed by atoms with Gasteiger partial charge >= 0.3 is 6.61 Å². The summed E-state index contributed by atoms with van der Waals surface area (Å²) in [6.45, 7) is -2.88. The number of hydrogen-bond donors (Lipinski definition) is 0. The minimum atomic E-state index is -2.88. The number of ether oxygens (including phenoxy) is 2. The molecule has 0 aliphatic rings. The van der Waals surface area contributed by atoms with Gasteiger partial charge in [0.25, 0.3) is 0 Å². The Kier molecular flexibility index (Phi) is 2.73. The van der Waals surface area contributed by atoms with Crippen molar-refractivity contribution in [3.63, 3.8) is 0 Å². The highest BCUT2D eigenvalue weighted by molar-refractivity contribution is 5.10. The van der Waals surface area contributed by atoms with Gasteiger partial charge in [0.2, 0.25) is 11.8 Å². The first-order valence-electron chi connectivity index (χ1n) is 3.03. The number of methoxy groups -OCH3 is 1. The lowest BCUT2D eigenvalue weighted by Gasteiger charge is -2.02. The average Bonchev–Trinajstić information content (AvgIpc) is 2.05.